The Morgan fingerprint density at radius 1 is 1.38 bits per heavy atom. The number of aryl methyl sites for hydroxylation is 1. The van der Waals surface area contributed by atoms with Gasteiger partial charge >= 0.3 is 0 Å². The zero-order valence-electron chi connectivity index (χ0n) is 8.65. The summed E-state index contributed by atoms with van der Waals surface area (Å²) in [6, 6.07) is 0. The zero-order chi connectivity index (χ0) is 10.1. The zero-order valence-corrected chi connectivity index (χ0v) is 10.2. The number of alkyl halides is 1. The van der Waals surface area contributed by atoms with Gasteiger partial charge in [0, 0.05) is 10.3 Å². The van der Waals surface area contributed by atoms with Crippen molar-refractivity contribution in [3.63, 3.8) is 0 Å². The van der Waals surface area contributed by atoms with Gasteiger partial charge in [0.1, 0.15) is 5.01 Å². The molecule has 0 aliphatic carbocycles. The van der Waals surface area contributed by atoms with E-state index >= 15 is 0 Å². The third-order valence-corrected chi connectivity index (χ3v) is 3.50. The predicted octanol–water partition coefficient (Wildman–Crippen LogP) is 3.74. The summed E-state index contributed by atoms with van der Waals surface area (Å²) in [6.07, 6.45) is 1.06. The highest BCUT2D eigenvalue weighted by atomic mass is 35.5. The summed E-state index contributed by atoms with van der Waals surface area (Å²) in [5.41, 5.74) is 1.36. The van der Waals surface area contributed by atoms with Crippen LogP contribution in [0.2, 0.25) is 0 Å². The molecule has 1 heterocycles. The lowest BCUT2D eigenvalue weighted by atomic mass is 9.91. The Hall–Kier alpha value is -0.0800. The van der Waals surface area contributed by atoms with Crippen molar-refractivity contribution in [1.82, 2.24) is 4.98 Å². The van der Waals surface area contributed by atoms with Gasteiger partial charge in [-0.05, 0) is 6.42 Å². The van der Waals surface area contributed by atoms with E-state index in [1.165, 1.54) is 10.6 Å². The Bertz CT molecular complexity index is 286. The highest BCUT2D eigenvalue weighted by Crippen LogP contribution is 2.30. The lowest BCUT2D eigenvalue weighted by Crippen LogP contribution is -2.13. The molecule has 1 nitrogen and oxygen atoms in total. The number of hydrogen-bond donors (Lipinski definition) is 0. The van der Waals surface area contributed by atoms with Crippen LogP contribution < -0.4 is 0 Å². The summed E-state index contributed by atoms with van der Waals surface area (Å²) in [7, 11) is 0. The minimum Gasteiger partial charge on any atom is -0.244 e. The van der Waals surface area contributed by atoms with Gasteiger partial charge in [0.25, 0.3) is 0 Å². The standard InChI is InChI=1S/C10H16ClNS/c1-5-7-9(10(2,3)4)12-8(6-11)13-7/h5-6H2,1-4H3. The Balaban J connectivity index is 3.11. The van der Waals surface area contributed by atoms with Gasteiger partial charge in [0.05, 0.1) is 11.6 Å². The molecule has 1 aromatic heterocycles. The largest absolute Gasteiger partial charge is 0.244 e. The molecule has 3 heteroatoms. The van der Waals surface area contributed by atoms with Crippen LogP contribution in [0.25, 0.3) is 0 Å². The fraction of sp³-hybridized carbons (Fsp3) is 0.700. The predicted molar refractivity (Wildman–Crippen MR) is 59.7 cm³/mol. The van der Waals surface area contributed by atoms with E-state index in [2.05, 4.69) is 32.7 Å². The van der Waals surface area contributed by atoms with Crippen molar-refractivity contribution in [2.75, 3.05) is 0 Å². The molecule has 0 saturated heterocycles. The Morgan fingerprint density at radius 2 is 2.00 bits per heavy atom. The number of aromatic nitrogens is 1. The summed E-state index contributed by atoms with van der Waals surface area (Å²) < 4.78 is 0. The van der Waals surface area contributed by atoms with Gasteiger partial charge in [0.2, 0.25) is 0 Å². The first-order valence-corrected chi connectivity index (χ1v) is 5.89. The van der Waals surface area contributed by atoms with Crippen molar-refractivity contribution >= 4 is 22.9 Å². The molecule has 0 saturated carbocycles. The van der Waals surface area contributed by atoms with Crippen LogP contribution in [-0.4, -0.2) is 4.98 Å². The second kappa shape index (κ2) is 3.97. The maximum Gasteiger partial charge on any atom is 0.108 e. The molecular formula is C10H16ClNS. The van der Waals surface area contributed by atoms with E-state index in [4.69, 9.17) is 11.6 Å². The van der Waals surface area contributed by atoms with Gasteiger partial charge in [-0.15, -0.1) is 22.9 Å². The van der Waals surface area contributed by atoms with Crippen LogP contribution in [0.4, 0.5) is 0 Å². The minimum absolute atomic E-state index is 0.145. The molecular weight excluding hydrogens is 202 g/mol. The molecule has 0 atom stereocenters. The summed E-state index contributed by atoms with van der Waals surface area (Å²) >= 11 is 7.51. The van der Waals surface area contributed by atoms with Crippen LogP contribution in [0.5, 0.6) is 0 Å². The number of hydrogen-bond acceptors (Lipinski definition) is 2. The van der Waals surface area contributed by atoms with Crippen molar-refractivity contribution in [2.24, 2.45) is 0 Å². The van der Waals surface area contributed by atoms with Crippen molar-refractivity contribution < 1.29 is 0 Å². The van der Waals surface area contributed by atoms with Gasteiger partial charge < -0.3 is 0 Å². The van der Waals surface area contributed by atoms with Crippen LogP contribution in [0.15, 0.2) is 0 Å². The summed E-state index contributed by atoms with van der Waals surface area (Å²) in [5.74, 6) is 0.535. The quantitative estimate of drug-likeness (QED) is 0.688. The first-order chi connectivity index (χ1) is 5.99. The van der Waals surface area contributed by atoms with Gasteiger partial charge in [0.15, 0.2) is 0 Å². The van der Waals surface area contributed by atoms with Crippen LogP contribution in [-0.2, 0) is 17.7 Å². The third-order valence-electron chi connectivity index (χ3n) is 1.89. The molecule has 0 spiro atoms. The fourth-order valence-corrected chi connectivity index (χ4v) is 2.58. The van der Waals surface area contributed by atoms with Crippen LogP contribution >= 0.6 is 22.9 Å². The molecule has 0 radical (unpaired) electrons. The van der Waals surface area contributed by atoms with Crippen molar-refractivity contribution in [2.45, 2.75) is 45.4 Å². The van der Waals surface area contributed by atoms with Crippen LogP contribution in [0.3, 0.4) is 0 Å². The number of thiazole rings is 1. The summed E-state index contributed by atoms with van der Waals surface area (Å²) in [5, 5.41) is 1.04. The average Bonchev–Trinajstić information content (AvgIpc) is 2.46. The lowest BCUT2D eigenvalue weighted by Gasteiger charge is -2.16. The SMILES string of the molecule is CCc1sc(CCl)nc1C(C)(C)C. The number of rotatable bonds is 2. The van der Waals surface area contributed by atoms with Gasteiger partial charge in [-0.3, -0.25) is 0 Å². The topological polar surface area (TPSA) is 12.9 Å². The lowest BCUT2D eigenvalue weighted by molar-refractivity contribution is 0.565. The number of nitrogens with zero attached hydrogens (tertiary/aromatic N) is 1. The molecule has 0 aliphatic heterocycles. The minimum atomic E-state index is 0.145. The van der Waals surface area contributed by atoms with Gasteiger partial charge in [-0.25, -0.2) is 4.98 Å². The average molecular weight is 218 g/mol. The molecule has 0 aliphatic rings. The normalized spacial score (nSPS) is 12.1. The van der Waals surface area contributed by atoms with Crippen molar-refractivity contribution in [3.8, 4) is 0 Å². The first kappa shape index (κ1) is 11.0. The van der Waals surface area contributed by atoms with E-state index in [1.807, 2.05) is 0 Å². The molecule has 74 valence electrons. The monoisotopic (exact) mass is 217 g/mol. The third kappa shape index (κ3) is 2.44. The maximum atomic E-state index is 5.77. The van der Waals surface area contributed by atoms with Gasteiger partial charge in [-0.2, -0.15) is 0 Å². The van der Waals surface area contributed by atoms with E-state index in [-0.39, 0.29) is 5.41 Å². The molecule has 0 fully saturated rings. The molecule has 0 N–H and O–H groups in total. The second-order valence-corrected chi connectivity index (χ2v) is 5.55. The fourth-order valence-electron chi connectivity index (χ4n) is 1.28. The van der Waals surface area contributed by atoms with E-state index in [0.29, 0.717) is 5.88 Å². The van der Waals surface area contributed by atoms with Gasteiger partial charge in [-0.1, -0.05) is 27.7 Å². The van der Waals surface area contributed by atoms with E-state index in [0.717, 1.165) is 11.4 Å². The smallest absolute Gasteiger partial charge is 0.108 e. The first-order valence-electron chi connectivity index (χ1n) is 4.54. The second-order valence-electron chi connectivity index (χ2n) is 4.12. The molecule has 0 unspecified atom stereocenters. The van der Waals surface area contributed by atoms with Crippen molar-refractivity contribution in [1.29, 1.82) is 0 Å². The van der Waals surface area contributed by atoms with Crippen LogP contribution in [0.1, 0.15) is 43.3 Å². The molecule has 13 heavy (non-hydrogen) atoms. The summed E-state index contributed by atoms with van der Waals surface area (Å²) in [6.45, 7) is 8.75. The summed E-state index contributed by atoms with van der Waals surface area (Å²) in [4.78, 5) is 5.94. The molecule has 1 rings (SSSR count). The molecule has 1 aromatic rings. The number of halogens is 1. The van der Waals surface area contributed by atoms with E-state index in [1.54, 1.807) is 11.3 Å². The Kier molecular flexibility index (Phi) is 3.36. The van der Waals surface area contributed by atoms with E-state index in [9.17, 15) is 0 Å². The van der Waals surface area contributed by atoms with Crippen molar-refractivity contribution in [3.05, 3.63) is 15.6 Å². The molecule has 0 aromatic carbocycles. The Morgan fingerprint density at radius 3 is 2.31 bits per heavy atom. The van der Waals surface area contributed by atoms with E-state index < -0.39 is 0 Å². The molecule has 0 amide bonds. The van der Waals surface area contributed by atoms with Crippen LogP contribution in [0, 0.1) is 0 Å². The highest BCUT2D eigenvalue weighted by Gasteiger charge is 2.21. The highest BCUT2D eigenvalue weighted by molar-refractivity contribution is 7.12. The maximum absolute atomic E-state index is 5.77. The Labute approximate surface area is 89.1 Å². The molecule has 0 bridgehead atoms.